The van der Waals surface area contributed by atoms with E-state index in [2.05, 4.69) is 5.16 Å². The average molecular weight is 252 g/mol. The summed E-state index contributed by atoms with van der Waals surface area (Å²) in [5.74, 6) is 1.10. The molecular formula is C13H20N2O3. The summed E-state index contributed by atoms with van der Waals surface area (Å²) >= 11 is 0. The number of ether oxygens (including phenoxy) is 2. The fourth-order valence-corrected chi connectivity index (χ4v) is 1.51. The summed E-state index contributed by atoms with van der Waals surface area (Å²) < 4.78 is 10.7. The summed E-state index contributed by atoms with van der Waals surface area (Å²) in [7, 11) is 1.65. The molecule has 0 aliphatic heterocycles. The molecule has 0 unspecified atom stereocenters. The van der Waals surface area contributed by atoms with Crippen LogP contribution in [0.5, 0.6) is 5.75 Å². The minimum Gasteiger partial charge on any atom is -0.497 e. The van der Waals surface area contributed by atoms with E-state index in [0.717, 1.165) is 24.2 Å². The van der Waals surface area contributed by atoms with E-state index in [1.165, 1.54) is 0 Å². The Morgan fingerprint density at radius 3 is 2.94 bits per heavy atom. The van der Waals surface area contributed by atoms with Crippen molar-refractivity contribution in [3.05, 3.63) is 29.8 Å². The second-order valence-electron chi connectivity index (χ2n) is 3.95. The Bertz CT molecular complexity index is 380. The highest BCUT2D eigenvalue weighted by molar-refractivity contribution is 5.79. The van der Waals surface area contributed by atoms with Gasteiger partial charge in [0.25, 0.3) is 0 Å². The topological polar surface area (TPSA) is 77.1 Å². The second kappa shape index (κ2) is 8.36. The van der Waals surface area contributed by atoms with Gasteiger partial charge in [0.1, 0.15) is 11.6 Å². The van der Waals surface area contributed by atoms with Crippen molar-refractivity contribution in [2.75, 3.05) is 13.7 Å². The summed E-state index contributed by atoms with van der Waals surface area (Å²) in [6.45, 7) is 1.23. The van der Waals surface area contributed by atoms with Gasteiger partial charge in [0.2, 0.25) is 0 Å². The Balaban J connectivity index is 2.14. The zero-order chi connectivity index (χ0) is 13.2. The first-order valence-corrected chi connectivity index (χ1v) is 5.93. The monoisotopic (exact) mass is 252 g/mol. The molecule has 100 valence electrons. The summed E-state index contributed by atoms with van der Waals surface area (Å²) in [5, 5.41) is 11.3. The SMILES string of the molecule is COc1cccc(COCCCC/C(N)=N/O)c1. The van der Waals surface area contributed by atoms with Gasteiger partial charge >= 0.3 is 0 Å². The van der Waals surface area contributed by atoms with Crippen molar-refractivity contribution in [3.63, 3.8) is 0 Å². The van der Waals surface area contributed by atoms with Crippen LogP contribution in [0, 0.1) is 0 Å². The normalized spacial score (nSPS) is 11.5. The van der Waals surface area contributed by atoms with E-state index in [-0.39, 0.29) is 5.84 Å². The standard InChI is InChI=1S/C13H20N2O3/c1-17-12-6-4-5-11(9-12)10-18-8-3-2-7-13(14)15-16/h4-6,9,16H,2-3,7-8,10H2,1H3,(H2,14,15). The molecule has 0 spiro atoms. The van der Waals surface area contributed by atoms with Crippen LogP contribution >= 0.6 is 0 Å². The van der Waals surface area contributed by atoms with Crippen molar-refractivity contribution in [2.45, 2.75) is 25.9 Å². The molecule has 0 radical (unpaired) electrons. The van der Waals surface area contributed by atoms with Crippen LogP contribution in [0.2, 0.25) is 0 Å². The lowest BCUT2D eigenvalue weighted by Crippen LogP contribution is -2.11. The molecule has 1 aromatic rings. The van der Waals surface area contributed by atoms with Crippen molar-refractivity contribution >= 4 is 5.84 Å². The van der Waals surface area contributed by atoms with E-state index < -0.39 is 0 Å². The number of unbranched alkanes of at least 4 members (excludes halogenated alkanes) is 1. The van der Waals surface area contributed by atoms with Crippen molar-refractivity contribution in [2.24, 2.45) is 10.9 Å². The third-order valence-corrected chi connectivity index (χ3v) is 2.50. The van der Waals surface area contributed by atoms with E-state index in [1.54, 1.807) is 7.11 Å². The summed E-state index contributed by atoms with van der Waals surface area (Å²) in [4.78, 5) is 0. The summed E-state index contributed by atoms with van der Waals surface area (Å²) in [6.07, 6.45) is 2.34. The molecule has 0 fully saturated rings. The number of benzene rings is 1. The zero-order valence-corrected chi connectivity index (χ0v) is 10.6. The second-order valence-corrected chi connectivity index (χ2v) is 3.95. The van der Waals surface area contributed by atoms with Gasteiger partial charge in [0, 0.05) is 13.0 Å². The van der Waals surface area contributed by atoms with Gasteiger partial charge in [-0.1, -0.05) is 17.3 Å². The minimum atomic E-state index is 0.266. The molecule has 1 rings (SSSR count). The average Bonchev–Trinajstić information content (AvgIpc) is 2.42. The Hall–Kier alpha value is -1.75. The maximum Gasteiger partial charge on any atom is 0.139 e. The third kappa shape index (κ3) is 5.54. The van der Waals surface area contributed by atoms with E-state index >= 15 is 0 Å². The third-order valence-electron chi connectivity index (χ3n) is 2.50. The fourth-order valence-electron chi connectivity index (χ4n) is 1.51. The van der Waals surface area contributed by atoms with E-state index in [9.17, 15) is 0 Å². The van der Waals surface area contributed by atoms with E-state index in [4.69, 9.17) is 20.4 Å². The Morgan fingerprint density at radius 1 is 1.39 bits per heavy atom. The number of oxime groups is 1. The molecule has 1 aromatic carbocycles. The highest BCUT2D eigenvalue weighted by Crippen LogP contribution is 2.13. The highest BCUT2D eigenvalue weighted by atomic mass is 16.5. The predicted molar refractivity (Wildman–Crippen MR) is 69.9 cm³/mol. The molecule has 5 heteroatoms. The number of amidine groups is 1. The molecule has 0 bridgehead atoms. The molecule has 5 nitrogen and oxygen atoms in total. The molecule has 0 heterocycles. The number of nitrogens with zero attached hydrogens (tertiary/aromatic N) is 1. The van der Waals surface area contributed by atoms with E-state index in [0.29, 0.717) is 19.6 Å². The molecule has 0 amide bonds. The van der Waals surface area contributed by atoms with Crippen LogP contribution in [-0.4, -0.2) is 24.8 Å². The van der Waals surface area contributed by atoms with Crippen LogP contribution in [0.4, 0.5) is 0 Å². The van der Waals surface area contributed by atoms with Gasteiger partial charge in [0.05, 0.1) is 13.7 Å². The Labute approximate surface area is 107 Å². The molecule has 0 aliphatic carbocycles. The molecule has 0 saturated heterocycles. The zero-order valence-electron chi connectivity index (χ0n) is 10.6. The van der Waals surface area contributed by atoms with Crippen LogP contribution in [0.3, 0.4) is 0 Å². The predicted octanol–water partition coefficient (Wildman–Crippen LogP) is 2.13. The molecule has 0 saturated carbocycles. The summed E-state index contributed by atoms with van der Waals surface area (Å²) in [6, 6.07) is 7.80. The molecule has 18 heavy (non-hydrogen) atoms. The Morgan fingerprint density at radius 2 is 2.22 bits per heavy atom. The lowest BCUT2D eigenvalue weighted by molar-refractivity contribution is 0.117. The number of methoxy groups -OCH3 is 1. The first kappa shape index (κ1) is 14.3. The van der Waals surface area contributed by atoms with Gasteiger partial charge in [-0.15, -0.1) is 0 Å². The number of hydrogen-bond donors (Lipinski definition) is 2. The molecular weight excluding hydrogens is 232 g/mol. The molecule has 0 aliphatic rings. The number of hydrogen-bond acceptors (Lipinski definition) is 4. The smallest absolute Gasteiger partial charge is 0.139 e. The minimum absolute atomic E-state index is 0.266. The molecule has 0 atom stereocenters. The maximum atomic E-state index is 8.36. The first-order chi connectivity index (χ1) is 8.76. The van der Waals surface area contributed by atoms with Crippen LogP contribution in [0.1, 0.15) is 24.8 Å². The van der Waals surface area contributed by atoms with Crippen molar-refractivity contribution < 1.29 is 14.7 Å². The molecule has 0 aromatic heterocycles. The largest absolute Gasteiger partial charge is 0.497 e. The first-order valence-electron chi connectivity index (χ1n) is 5.93. The van der Waals surface area contributed by atoms with E-state index in [1.807, 2.05) is 24.3 Å². The van der Waals surface area contributed by atoms with Crippen molar-refractivity contribution in [1.82, 2.24) is 0 Å². The van der Waals surface area contributed by atoms with Crippen LogP contribution < -0.4 is 10.5 Å². The van der Waals surface area contributed by atoms with Crippen LogP contribution in [0.15, 0.2) is 29.4 Å². The lowest BCUT2D eigenvalue weighted by Gasteiger charge is -2.06. The van der Waals surface area contributed by atoms with Gasteiger partial charge < -0.3 is 20.4 Å². The van der Waals surface area contributed by atoms with Gasteiger partial charge in [-0.05, 0) is 30.5 Å². The number of rotatable bonds is 8. The van der Waals surface area contributed by atoms with Crippen LogP contribution in [0.25, 0.3) is 0 Å². The fraction of sp³-hybridized carbons (Fsp3) is 0.462. The molecule has 3 N–H and O–H groups in total. The maximum absolute atomic E-state index is 8.36. The Kier molecular flexibility index (Phi) is 6.64. The quantitative estimate of drug-likeness (QED) is 0.244. The van der Waals surface area contributed by atoms with Crippen molar-refractivity contribution in [3.8, 4) is 5.75 Å². The van der Waals surface area contributed by atoms with Crippen molar-refractivity contribution in [1.29, 1.82) is 0 Å². The lowest BCUT2D eigenvalue weighted by atomic mass is 10.2. The van der Waals surface area contributed by atoms with Gasteiger partial charge in [-0.3, -0.25) is 0 Å². The van der Waals surface area contributed by atoms with Gasteiger partial charge in [-0.25, -0.2) is 0 Å². The highest BCUT2D eigenvalue weighted by Gasteiger charge is 1.97. The van der Waals surface area contributed by atoms with Crippen LogP contribution in [-0.2, 0) is 11.3 Å². The van der Waals surface area contributed by atoms with Gasteiger partial charge in [0.15, 0.2) is 0 Å². The summed E-state index contributed by atoms with van der Waals surface area (Å²) in [5.41, 5.74) is 6.44. The van der Waals surface area contributed by atoms with Gasteiger partial charge in [-0.2, -0.15) is 0 Å². The number of nitrogens with two attached hydrogens (primary N) is 1.